The number of aliphatic hydroxyl groups excluding tert-OH is 3. The van der Waals surface area contributed by atoms with Gasteiger partial charge in [0.1, 0.15) is 100 Å². The molecule has 0 spiro atoms. The topological polar surface area (TPSA) is 443 Å². The standard InChI is InChI=1S/C6H15NO8P2.C6H12O.2C4H7O5P.6C4H6O2/c1-2-13-17(11,12)15-5-6(3-7)4-14-16(8,9)10;1-6(2,3)4-5-7;2*1-2-8-10(6,7)9-4-3-5;6*1-3-5-6-4-2/h2,6H,1,3-5,7H2,(H,11,12)(H2,8,9,10);4-5,7H,1-3H3;2*2-5H,1H2,(H,6,7);6*3-4H,1-2H2/p-4/b;5-4+;2*4-3-;;;;;;. The third-order valence-corrected chi connectivity index (χ3v) is 7.03. The molecule has 0 heterocycles. The van der Waals surface area contributed by atoms with Gasteiger partial charge in [-0.15, -0.1) is 0 Å². The maximum absolute atomic E-state index is 10.9. The van der Waals surface area contributed by atoms with Crippen LogP contribution in [-0.2, 0) is 109 Å². The molecule has 0 aliphatic heterocycles. The molecule has 5 unspecified atom stereocenters. The highest BCUT2D eigenvalue weighted by Crippen LogP contribution is 2.40. The van der Waals surface area contributed by atoms with Crippen molar-refractivity contribution >= 4 is 31.3 Å². The number of hydrogen-bond donors (Lipinski definition) is 5. The summed E-state index contributed by atoms with van der Waals surface area (Å²) in [5.74, 6) is -0.736. The van der Waals surface area contributed by atoms with E-state index in [2.05, 4.69) is 189 Å². The fourth-order valence-electron chi connectivity index (χ4n) is 1.83. The van der Waals surface area contributed by atoms with Crippen LogP contribution in [0.3, 0.4) is 0 Å². The number of nitrogens with two attached hydrogens (primary N) is 1. The van der Waals surface area contributed by atoms with E-state index in [0.29, 0.717) is 43.8 Å². The molecule has 32 nitrogen and oxygen atoms in total. The Balaban J connectivity index is -0.0000000874. The van der Waals surface area contributed by atoms with Gasteiger partial charge in [-0.2, -0.15) is 0 Å². The van der Waals surface area contributed by atoms with E-state index in [9.17, 15) is 37.8 Å². The minimum Gasteiger partial charge on any atom is -0.756 e. The third kappa shape index (κ3) is 133. The zero-order valence-electron chi connectivity index (χ0n) is 44.1. The van der Waals surface area contributed by atoms with Crippen LogP contribution in [0.4, 0.5) is 0 Å². The Morgan fingerprint density at radius 3 is 0.775 bits per heavy atom. The number of aliphatic hydroxyl groups is 3. The molecule has 0 aliphatic rings. The smallest absolute Gasteiger partial charge is 0.371 e. The largest absolute Gasteiger partial charge is 0.756 e. The van der Waals surface area contributed by atoms with Crippen molar-refractivity contribution in [1.29, 1.82) is 0 Å². The molecule has 0 radical (unpaired) electrons. The molecule has 464 valence electrons. The highest BCUT2D eigenvalue weighted by Gasteiger charge is 2.16. The predicted octanol–water partition coefficient (Wildman–Crippen LogP) is 9.44. The van der Waals surface area contributed by atoms with E-state index in [1.165, 1.54) is 75.1 Å². The van der Waals surface area contributed by atoms with Crippen molar-refractivity contribution in [3.63, 3.8) is 0 Å². The minimum atomic E-state index is -4.87. The van der Waals surface area contributed by atoms with Gasteiger partial charge in [-0.05, 0) is 18.0 Å². The van der Waals surface area contributed by atoms with Gasteiger partial charge in [-0.1, -0.05) is 119 Å². The molecule has 0 aromatic heterocycles. The fourth-order valence-corrected chi connectivity index (χ4v) is 3.74. The molecule has 0 fully saturated rings. The number of allylic oxidation sites excluding steroid dienone is 1. The van der Waals surface area contributed by atoms with Gasteiger partial charge in [0, 0.05) is 5.92 Å². The van der Waals surface area contributed by atoms with Crippen LogP contribution < -0.4 is 25.3 Å². The molecular formula is C44H73NO31P4-4. The summed E-state index contributed by atoms with van der Waals surface area (Å²) < 4.78 is 70.0. The molecule has 6 N–H and O–H groups in total. The van der Waals surface area contributed by atoms with Crippen LogP contribution in [0.2, 0.25) is 0 Å². The summed E-state index contributed by atoms with van der Waals surface area (Å²) in [6.07, 6.45) is 20.9. The van der Waals surface area contributed by atoms with Gasteiger partial charge in [-0.25, -0.2) is 9.13 Å². The van der Waals surface area contributed by atoms with E-state index in [0.717, 1.165) is 6.26 Å². The summed E-state index contributed by atoms with van der Waals surface area (Å²) in [7, 11) is -18.0. The van der Waals surface area contributed by atoms with Crippen LogP contribution in [0.25, 0.3) is 0 Å². The number of phosphoric ester groups is 4. The van der Waals surface area contributed by atoms with Gasteiger partial charge in [0.25, 0.3) is 7.82 Å². The van der Waals surface area contributed by atoms with E-state index in [1.807, 2.05) is 20.8 Å². The Bertz CT molecular complexity index is 1650. The highest BCUT2D eigenvalue weighted by molar-refractivity contribution is 7.46. The molecule has 0 saturated heterocycles. The number of hydrogen-bond acceptors (Lipinski definition) is 31. The summed E-state index contributed by atoms with van der Waals surface area (Å²) in [5, 5.41) is 24.1. The third-order valence-electron chi connectivity index (χ3n) is 4.11. The molecule has 36 heteroatoms. The van der Waals surface area contributed by atoms with Gasteiger partial charge >= 0.3 is 23.5 Å². The zero-order valence-corrected chi connectivity index (χ0v) is 47.7. The lowest BCUT2D eigenvalue weighted by atomic mass is 9.98. The Morgan fingerprint density at radius 2 is 0.625 bits per heavy atom. The summed E-state index contributed by atoms with van der Waals surface area (Å²) in [4.78, 5) is 99.7. The van der Waals surface area contributed by atoms with Crippen molar-refractivity contribution in [3.05, 3.63) is 230 Å². The molecule has 0 aliphatic carbocycles. The van der Waals surface area contributed by atoms with E-state index < -0.39 is 50.4 Å². The highest BCUT2D eigenvalue weighted by atomic mass is 31.2. The monoisotopic (exact) mass is 1240 g/mol. The lowest BCUT2D eigenvalue weighted by molar-refractivity contribution is -0.224. The summed E-state index contributed by atoms with van der Waals surface area (Å²) in [6, 6.07) is 0. The van der Waals surface area contributed by atoms with Crippen molar-refractivity contribution in [2.24, 2.45) is 17.1 Å². The lowest BCUT2D eigenvalue weighted by Crippen LogP contribution is -2.26. The van der Waals surface area contributed by atoms with E-state index in [-0.39, 0.29) is 12.0 Å². The van der Waals surface area contributed by atoms with Crippen LogP contribution in [-0.4, -0.2) is 40.0 Å². The second-order valence-corrected chi connectivity index (χ2v) is 16.1. The normalized spacial score (nSPS) is 12.1. The maximum Gasteiger partial charge on any atom is 0.371 e. The second kappa shape index (κ2) is 75.2. The molecule has 0 rings (SSSR count). The molecule has 80 heavy (non-hydrogen) atoms. The Hall–Kier alpha value is -8.08. The van der Waals surface area contributed by atoms with Crippen molar-refractivity contribution in [2.45, 2.75) is 20.8 Å². The molecule has 0 aromatic carbocycles. The van der Waals surface area contributed by atoms with Crippen LogP contribution in [0, 0.1) is 11.3 Å². The fraction of sp³-hybridized carbons (Fsp3) is 0.182. The summed E-state index contributed by atoms with van der Waals surface area (Å²) >= 11 is 0. The first-order valence-corrected chi connectivity index (χ1v) is 25.7. The van der Waals surface area contributed by atoms with Gasteiger partial charge in [0.15, 0.2) is 0 Å². The van der Waals surface area contributed by atoms with Crippen molar-refractivity contribution in [2.75, 3.05) is 19.8 Å². The van der Waals surface area contributed by atoms with Crippen molar-refractivity contribution in [3.8, 4) is 0 Å². The molecule has 0 amide bonds. The number of phosphoric acid groups is 4. The number of rotatable bonds is 35. The molecule has 0 bridgehead atoms. The molecule has 5 atom stereocenters. The Labute approximate surface area is 466 Å². The Kier molecular flexibility index (Phi) is 88.6. The van der Waals surface area contributed by atoms with E-state index in [4.69, 9.17) is 25.9 Å². The Morgan fingerprint density at radius 1 is 0.400 bits per heavy atom. The average molecular weight is 1240 g/mol. The maximum atomic E-state index is 10.9. The predicted molar refractivity (Wildman–Crippen MR) is 283 cm³/mol. The molecular weight excluding hydrogens is 1160 g/mol. The van der Waals surface area contributed by atoms with E-state index >= 15 is 0 Å². The lowest BCUT2D eigenvalue weighted by Gasteiger charge is -2.25. The van der Waals surface area contributed by atoms with Gasteiger partial charge < -0.3 is 77.2 Å². The van der Waals surface area contributed by atoms with Crippen molar-refractivity contribution < 1.29 is 148 Å². The first-order valence-electron chi connectivity index (χ1n) is 19.8. The van der Waals surface area contributed by atoms with Gasteiger partial charge in [0.2, 0.25) is 0 Å². The first kappa shape index (κ1) is 94.3. The summed E-state index contributed by atoms with van der Waals surface area (Å²) in [6.45, 7) is 52.5. The van der Waals surface area contributed by atoms with Gasteiger partial charge in [-0.3, -0.25) is 67.8 Å². The quantitative estimate of drug-likeness (QED) is 0.0130. The van der Waals surface area contributed by atoms with Crippen LogP contribution in [0.5, 0.6) is 0 Å². The first-order chi connectivity index (χ1) is 37.5. The molecule has 0 aromatic rings. The van der Waals surface area contributed by atoms with Gasteiger partial charge in [0.05, 0.1) is 38.3 Å². The summed E-state index contributed by atoms with van der Waals surface area (Å²) in [5.41, 5.74) is 5.34. The van der Waals surface area contributed by atoms with Crippen LogP contribution >= 0.6 is 31.3 Å². The van der Waals surface area contributed by atoms with Crippen LogP contribution in [0.15, 0.2) is 230 Å². The molecule has 0 saturated carbocycles. The minimum absolute atomic E-state index is 0.103. The van der Waals surface area contributed by atoms with E-state index in [1.54, 1.807) is 6.08 Å². The SMILES string of the molecule is C=COOC=C.C=COOC=C.C=COOC=C.C=COOC=C.C=COOC=C.C=COOC=C.C=COP(=O)([O-])O/C=C\O.C=COP(=O)([O-])O/C=C\O.C=COP(=O)([O-])OCC(CN)COP(=O)([O-])O.CC(C)(C)/C=C/O. The zero-order chi connectivity index (χ0) is 64.5. The second-order valence-electron chi connectivity index (χ2n) is 10.9. The average Bonchev–Trinajstić information content (AvgIpc) is 3.39. The van der Waals surface area contributed by atoms with Crippen molar-refractivity contribution in [1.82, 2.24) is 0 Å². The van der Waals surface area contributed by atoms with Crippen LogP contribution in [0.1, 0.15) is 20.8 Å².